The van der Waals surface area contributed by atoms with E-state index in [0.29, 0.717) is 30.2 Å². The van der Waals surface area contributed by atoms with Crippen LogP contribution in [0.25, 0.3) is 6.08 Å². The smallest absolute Gasteiger partial charge is 0.294 e. The number of anilines is 2. The number of nitrogens with zero attached hydrogens (tertiary/aromatic N) is 2. The van der Waals surface area contributed by atoms with E-state index in [2.05, 4.69) is 10.2 Å². The van der Waals surface area contributed by atoms with Gasteiger partial charge < -0.3 is 25.4 Å². The van der Waals surface area contributed by atoms with Gasteiger partial charge in [-0.2, -0.15) is 0 Å². The van der Waals surface area contributed by atoms with E-state index in [4.69, 9.17) is 15.2 Å². The van der Waals surface area contributed by atoms with E-state index in [1.54, 1.807) is 36.4 Å². The molecular weight excluding hydrogens is 472 g/mol. The fourth-order valence-corrected chi connectivity index (χ4v) is 4.41. The Morgan fingerprint density at radius 2 is 1.80 bits per heavy atom. The first-order chi connectivity index (χ1) is 16.9. The molecule has 2 saturated heterocycles. The van der Waals surface area contributed by atoms with Gasteiger partial charge in [0.15, 0.2) is 6.61 Å². The molecule has 0 atom stereocenters. The topological polar surface area (TPSA) is 131 Å². The highest BCUT2D eigenvalue weighted by Gasteiger charge is 2.36. The number of amides is 4. The van der Waals surface area contributed by atoms with Crippen molar-refractivity contribution in [1.82, 2.24) is 4.90 Å². The molecule has 2 aromatic rings. The van der Waals surface area contributed by atoms with Gasteiger partial charge in [0.2, 0.25) is 5.91 Å². The van der Waals surface area contributed by atoms with E-state index in [1.165, 1.54) is 6.08 Å². The van der Waals surface area contributed by atoms with Gasteiger partial charge in [0.25, 0.3) is 17.1 Å². The van der Waals surface area contributed by atoms with Gasteiger partial charge in [0, 0.05) is 30.0 Å². The molecule has 2 fully saturated rings. The van der Waals surface area contributed by atoms with E-state index in [0.717, 1.165) is 35.4 Å². The molecule has 35 heavy (non-hydrogen) atoms. The molecule has 2 aliphatic rings. The number of hydrogen-bond donors (Lipinski definition) is 2. The molecule has 4 amide bonds. The Morgan fingerprint density at radius 3 is 2.51 bits per heavy atom. The molecule has 0 saturated carbocycles. The monoisotopic (exact) mass is 496 g/mol. The van der Waals surface area contributed by atoms with Gasteiger partial charge in [0.05, 0.1) is 18.1 Å². The third-order valence-corrected chi connectivity index (χ3v) is 6.19. The molecule has 2 aliphatic heterocycles. The van der Waals surface area contributed by atoms with Gasteiger partial charge in [0.1, 0.15) is 12.3 Å². The van der Waals surface area contributed by atoms with Gasteiger partial charge in [-0.25, -0.2) is 0 Å². The van der Waals surface area contributed by atoms with Crippen molar-refractivity contribution in [3.63, 3.8) is 0 Å². The number of benzene rings is 2. The summed E-state index contributed by atoms with van der Waals surface area (Å²) in [5.41, 5.74) is 7.22. The fourth-order valence-electron chi connectivity index (χ4n) is 3.58. The average molecular weight is 497 g/mol. The number of carbonyl (C=O) groups excluding carboxylic acids is 4. The summed E-state index contributed by atoms with van der Waals surface area (Å²) in [5.74, 6) is -1.36. The SMILES string of the molecule is NC(=O)COc1ccccc1C=C1SC(=O)N(CC(=O)Nc2ccc(N3CCOCC3)cc2)C1=O. The number of morpholine rings is 1. The molecule has 0 aromatic heterocycles. The lowest BCUT2D eigenvalue weighted by Gasteiger charge is -2.28. The van der Waals surface area contributed by atoms with Crippen molar-refractivity contribution in [3.05, 3.63) is 59.0 Å². The minimum Gasteiger partial charge on any atom is -0.483 e. The van der Waals surface area contributed by atoms with Crippen LogP contribution in [0.5, 0.6) is 5.75 Å². The third-order valence-electron chi connectivity index (χ3n) is 5.28. The number of nitrogens with one attached hydrogen (secondary N) is 1. The molecule has 0 radical (unpaired) electrons. The molecule has 3 N–H and O–H groups in total. The maximum Gasteiger partial charge on any atom is 0.294 e. The largest absolute Gasteiger partial charge is 0.483 e. The lowest BCUT2D eigenvalue weighted by molar-refractivity contribution is -0.127. The highest BCUT2D eigenvalue weighted by atomic mass is 32.2. The number of carbonyl (C=O) groups is 4. The second-order valence-electron chi connectivity index (χ2n) is 7.76. The van der Waals surface area contributed by atoms with Crippen LogP contribution in [0, 0.1) is 0 Å². The Balaban J connectivity index is 1.38. The summed E-state index contributed by atoms with van der Waals surface area (Å²) in [7, 11) is 0. The van der Waals surface area contributed by atoms with Crippen LogP contribution in [0.15, 0.2) is 53.4 Å². The molecule has 0 unspecified atom stereocenters. The van der Waals surface area contributed by atoms with Gasteiger partial charge in [-0.3, -0.25) is 24.1 Å². The molecule has 0 aliphatic carbocycles. The predicted octanol–water partition coefficient (Wildman–Crippen LogP) is 2.06. The molecule has 10 nitrogen and oxygen atoms in total. The fraction of sp³-hybridized carbons (Fsp3) is 0.250. The van der Waals surface area contributed by atoms with Gasteiger partial charge in [-0.15, -0.1) is 0 Å². The molecule has 2 heterocycles. The summed E-state index contributed by atoms with van der Waals surface area (Å²) < 4.78 is 10.7. The second kappa shape index (κ2) is 11.1. The minimum atomic E-state index is -0.637. The van der Waals surface area contributed by atoms with E-state index in [1.807, 2.05) is 12.1 Å². The molecule has 4 rings (SSSR count). The van der Waals surface area contributed by atoms with Crippen LogP contribution >= 0.6 is 11.8 Å². The van der Waals surface area contributed by atoms with Crippen LogP contribution in [0.1, 0.15) is 5.56 Å². The van der Waals surface area contributed by atoms with Crippen molar-refractivity contribution in [2.75, 3.05) is 49.7 Å². The van der Waals surface area contributed by atoms with Crippen molar-refractivity contribution in [1.29, 1.82) is 0 Å². The Kier molecular flexibility index (Phi) is 7.68. The molecule has 182 valence electrons. The van der Waals surface area contributed by atoms with Crippen LogP contribution in [-0.2, 0) is 19.1 Å². The van der Waals surface area contributed by atoms with Crippen LogP contribution in [0.3, 0.4) is 0 Å². The highest BCUT2D eigenvalue weighted by Crippen LogP contribution is 2.34. The zero-order valence-corrected chi connectivity index (χ0v) is 19.6. The lowest BCUT2D eigenvalue weighted by Crippen LogP contribution is -2.36. The zero-order valence-electron chi connectivity index (χ0n) is 18.8. The standard InChI is InChI=1S/C24H24N4O6S/c25-21(29)15-34-19-4-2-1-3-16(19)13-20-23(31)28(24(32)35-20)14-22(30)26-17-5-7-18(8-6-17)27-9-11-33-12-10-27/h1-8,13H,9-12,14-15H2,(H2,25,29)(H,26,30). The summed E-state index contributed by atoms with van der Waals surface area (Å²) in [5, 5.41) is 2.17. The predicted molar refractivity (Wildman–Crippen MR) is 132 cm³/mol. The lowest BCUT2D eigenvalue weighted by atomic mass is 10.2. The Morgan fingerprint density at radius 1 is 1.09 bits per heavy atom. The molecule has 0 bridgehead atoms. The van der Waals surface area contributed by atoms with Gasteiger partial charge >= 0.3 is 0 Å². The maximum absolute atomic E-state index is 12.8. The average Bonchev–Trinajstić information content (AvgIpc) is 3.11. The second-order valence-corrected chi connectivity index (χ2v) is 8.75. The zero-order chi connectivity index (χ0) is 24.8. The van der Waals surface area contributed by atoms with Gasteiger partial charge in [-0.05, 0) is 48.2 Å². The van der Waals surface area contributed by atoms with Crippen LogP contribution in [0.4, 0.5) is 16.2 Å². The minimum absolute atomic E-state index is 0.146. The molecule has 0 spiro atoms. The van der Waals surface area contributed by atoms with Gasteiger partial charge in [-0.1, -0.05) is 18.2 Å². The number of thioether (sulfide) groups is 1. The van der Waals surface area contributed by atoms with E-state index in [9.17, 15) is 19.2 Å². The maximum atomic E-state index is 12.8. The van der Waals surface area contributed by atoms with E-state index >= 15 is 0 Å². The Hall–Kier alpha value is -3.83. The van der Waals surface area contributed by atoms with Crippen LogP contribution in [0.2, 0.25) is 0 Å². The molecular formula is C24H24N4O6S. The Labute approximate surface area is 206 Å². The normalized spacial score (nSPS) is 17.1. The third kappa shape index (κ3) is 6.19. The quantitative estimate of drug-likeness (QED) is 0.531. The number of ether oxygens (including phenoxy) is 2. The first kappa shape index (κ1) is 24.3. The summed E-state index contributed by atoms with van der Waals surface area (Å²) in [6, 6.07) is 14.1. The van der Waals surface area contributed by atoms with Crippen LogP contribution in [-0.4, -0.2) is 67.3 Å². The first-order valence-corrected chi connectivity index (χ1v) is 11.7. The summed E-state index contributed by atoms with van der Waals surface area (Å²) in [6.45, 7) is 2.24. The van der Waals surface area contributed by atoms with Crippen molar-refractivity contribution in [2.24, 2.45) is 5.73 Å². The molecule has 2 aromatic carbocycles. The van der Waals surface area contributed by atoms with Crippen molar-refractivity contribution < 1.29 is 28.7 Å². The van der Waals surface area contributed by atoms with Crippen LogP contribution < -0.4 is 20.7 Å². The molecule has 11 heteroatoms. The summed E-state index contributed by atoms with van der Waals surface area (Å²) in [4.78, 5) is 52.0. The Bertz CT molecular complexity index is 1160. The van der Waals surface area contributed by atoms with Crippen molar-refractivity contribution >= 4 is 52.2 Å². The van der Waals surface area contributed by atoms with Crippen molar-refractivity contribution in [2.45, 2.75) is 0 Å². The number of primary amides is 1. The number of para-hydroxylation sites is 1. The van der Waals surface area contributed by atoms with E-state index in [-0.39, 0.29) is 11.5 Å². The number of rotatable bonds is 8. The summed E-state index contributed by atoms with van der Waals surface area (Å²) in [6.07, 6.45) is 1.49. The van der Waals surface area contributed by atoms with E-state index < -0.39 is 29.5 Å². The number of imide groups is 1. The van der Waals surface area contributed by atoms with Crippen molar-refractivity contribution in [3.8, 4) is 5.75 Å². The number of nitrogens with two attached hydrogens (primary N) is 1. The summed E-state index contributed by atoms with van der Waals surface area (Å²) >= 11 is 0.731. The highest BCUT2D eigenvalue weighted by molar-refractivity contribution is 8.18. The number of hydrogen-bond acceptors (Lipinski definition) is 8. The first-order valence-electron chi connectivity index (χ1n) is 10.9.